The molecule has 1 fully saturated rings. The molecule has 6 heteroatoms. The molecule has 5 rings (SSSR count). The van der Waals surface area contributed by atoms with Crippen molar-refractivity contribution in [3.63, 3.8) is 0 Å². The van der Waals surface area contributed by atoms with Crippen molar-refractivity contribution in [1.82, 2.24) is 9.47 Å². The van der Waals surface area contributed by atoms with E-state index in [9.17, 15) is 9.90 Å². The molecule has 3 aromatic rings. The van der Waals surface area contributed by atoms with Gasteiger partial charge in [0.15, 0.2) is 0 Å². The summed E-state index contributed by atoms with van der Waals surface area (Å²) in [5, 5.41) is 10.0. The van der Waals surface area contributed by atoms with Crippen molar-refractivity contribution in [2.45, 2.75) is 63.8 Å². The van der Waals surface area contributed by atoms with Crippen LogP contribution >= 0.6 is 11.6 Å². The minimum absolute atomic E-state index is 0.0917. The molecular weight excluding hydrogens is 508 g/mol. The second kappa shape index (κ2) is 12.9. The van der Waals surface area contributed by atoms with Gasteiger partial charge in [0.1, 0.15) is 5.75 Å². The van der Waals surface area contributed by atoms with Crippen LogP contribution in [0.25, 0.3) is 17.2 Å². The lowest BCUT2D eigenvalue weighted by atomic mass is 9.93. The van der Waals surface area contributed by atoms with Crippen LogP contribution in [0.3, 0.4) is 0 Å². The molecule has 0 spiro atoms. The normalized spacial score (nSPS) is 16.9. The summed E-state index contributed by atoms with van der Waals surface area (Å²) in [6.07, 6.45) is 12.2. The number of aryl methyl sites for hydroxylation is 1. The van der Waals surface area contributed by atoms with Crippen LogP contribution < -0.4 is 0 Å². The van der Waals surface area contributed by atoms with E-state index in [2.05, 4.69) is 52.0 Å². The van der Waals surface area contributed by atoms with Crippen LogP contribution in [-0.4, -0.2) is 47.3 Å². The number of rotatable bonds is 10. The average Bonchev–Trinajstić information content (AvgIpc) is 3.34. The minimum atomic E-state index is 0.0917. The van der Waals surface area contributed by atoms with Crippen molar-refractivity contribution >= 4 is 23.6 Å². The fraction of sp³-hybridized carbons (Fsp3) is 0.424. The highest BCUT2D eigenvalue weighted by molar-refractivity contribution is 6.32. The van der Waals surface area contributed by atoms with E-state index >= 15 is 0 Å². The molecule has 1 aromatic heterocycles. The highest BCUT2D eigenvalue weighted by atomic mass is 35.5. The molecule has 1 atom stereocenters. The number of hydrogen-bond donors (Lipinski definition) is 1. The summed E-state index contributed by atoms with van der Waals surface area (Å²) < 4.78 is 7.86. The molecule has 39 heavy (non-hydrogen) atoms. The lowest BCUT2D eigenvalue weighted by molar-refractivity contribution is -0.132. The second-order valence-corrected chi connectivity index (χ2v) is 11.2. The fourth-order valence-corrected chi connectivity index (χ4v) is 6.23. The van der Waals surface area contributed by atoms with E-state index in [0.29, 0.717) is 17.4 Å². The number of phenolic OH excluding ortho intramolecular Hbond substituents is 1. The van der Waals surface area contributed by atoms with Crippen molar-refractivity contribution in [2.75, 3.05) is 26.8 Å². The number of likely N-dealkylation sites (tertiary alicyclic amines) is 1. The Morgan fingerprint density at radius 3 is 2.72 bits per heavy atom. The first-order valence-corrected chi connectivity index (χ1v) is 14.6. The monoisotopic (exact) mass is 546 g/mol. The zero-order chi connectivity index (χ0) is 27.2. The molecule has 1 aliphatic carbocycles. The van der Waals surface area contributed by atoms with Crippen LogP contribution in [0.5, 0.6) is 5.75 Å². The maximum atomic E-state index is 13.2. The summed E-state index contributed by atoms with van der Waals surface area (Å²) in [6.45, 7) is 3.43. The second-order valence-electron chi connectivity index (χ2n) is 10.8. The number of aromatic nitrogens is 1. The number of piperidine rings is 1. The molecule has 1 amide bonds. The predicted molar refractivity (Wildman–Crippen MR) is 158 cm³/mol. The third-order valence-electron chi connectivity index (χ3n) is 8.13. The highest BCUT2D eigenvalue weighted by Gasteiger charge is 2.28. The molecule has 5 nitrogen and oxygen atoms in total. The molecule has 0 radical (unpaired) electrons. The first kappa shape index (κ1) is 27.5. The van der Waals surface area contributed by atoms with Gasteiger partial charge in [-0.1, -0.05) is 54.1 Å². The van der Waals surface area contributed by atoms with E-state index in [1.165, 1.54) is 22.5 Å². The first-order valence-electron chi connectivity index (χ1n) is 14.3. The van der Waals surface area contributed by atoms with Crippen LogP contribution in [0.1, 0.15) is 67.0 Å². The van der Waals surface area contributed by atoms with Gasteiger partial charge in [-0.05, 0) is 85.4 Å². The third-order valence-corrected chi connectivity index (χ3v) is 8.44. The number of carbonyl (C=O) groups excluding carboxylic acids is 1. The number of phenols is 1. The largest absolute Gasteiger partial charge is 0.506 e. The third kappa shape index (κ3) is 6.59. The van der Waals surface area contributed by atoms with Crippen molar-refractivity contribution < 1.29 is 14.6 Å². The predicted octanol–water partition coefficient (Wildman–Crippen LogP) is 7.24. The molecule has 2 heterocycles. The number of nitrogens with zero attached hydrogens (tertiary/aromatic N) is 2. The van der Waals surface area contributed by atoms with E-state index < -0.39 is 0 Å². The minimum Gasteiger partial charge on any atom is -0.506 e. The molecule has 0 saturated carbocycles. The fourth-order valence-electron chi connectivity index (χ4n) is 6.05. The van der Waals surface area contributed by atoms with Gasteiger partial charge >= 0.3 is 0 Å². The smallest absolute Gasteiger partial charge is 0.222 e. The van der Waals surface area contributed by atoms with E-state index in [-0.39, 0.29) is 11.7 Å². The molecule has 1 N–H and O–H groups in total. The maximum absolute atomic E-state index is 13.2. The average molecular weight is 547 g/mol. The van der Waals surface area contributed by atoms with Crippen molar-refractivity contribution in [3.8, 4) is 16.9 Å². The number of fused-ring (bicyclic) bond motifs is 1. The Balaban J connectivity index is 1.17. The van der Waals surface area contributed by atoms with Crippen LogP contribution in [0, 0.1) is 0 Å². The van der Waals surface area contributed by atoms with Gasteiger partial charge in [0.2, 0.25) is 5.91 Å². The number of carbonyl (C=O) groups is 1. The number of halogens is 1. The van der Waals surface area contributed by atoms with Gasteiger partial charge in [-0.3, -0.25) is 4.79 Å². The van der Waals surface area contributed by atoms with E-state index in [1.54, 1.807) is 19.2 Å². The molecule has 0 bridgehead atoms. The summed E-state index contributed by atoms with van der Waals surface area (Å²) in [5.41, 5.74) is 7.46. The quantitative estimate of drug-likeness (QED) is 0.273. The molecule has 1 aliphatic heterocycles. The number of allylic oxidation sites excluding steroid dienone is 1. The summed E-state index contributed by atoms with van der Waals surface area (Å²) in [5.74, 6) is 0.761. The molecule has 1 unspecified atom stereocenters. The van der Waals surface area contributed by atoms with Crippen molar-refractivity contribution in [1.29, 1.82) is 0 Å². The SMILES string of the molecule is COCCCn1c(C2CCCN(C(=O)CCCc3ccc(-c4ccc(O)c(Cl)c4)cc3)C2)cc2c1CCC=C2. The van der Waals surface area contributed by atoms with Gasteiger partial charge in [-0.15, -0.1) is 0 Å². The van der Waals surface area contributed by atoms with Crippen LogP contribution in [0.4, 0.5) is 0 Å². The molecule has 2 aromatic carbocycles. The Labute approximate surface area is 237 Å². The number of amides is 1. The zero-order valence-electron chi connectivity index (χ0n) is 22.9. The molecule has 2 aliphatic rings. The maximum Gasteiger partial charge on any atom is 0.222 e. The molecule has 1 saturated heterocycles. The number of ether oxygens (including phenoxy) is 1. The Hall–Kier alpha value is -3.02. The number of hydrogen-bond acceptors (Lipinski definition) is 3. The van der Waals surface area contributed by atoms with Gasteiger partial charge < -0.3 is 19.3 Å². The van der Waals surface area contributed by atoms with Gasteiger partial charge in [0.25, 0.3) is 0 Å². The van der Waals surface area contributed by atoms with Crippen molar-refractivity contribution in [3.05, 3.63) is 82.1 Å². The molecule has 206 valence electrons. The lowest BCUT2D eigenvalue weighted by Gasteiger charge is -2.34. The van der Waals surface area contributed by atoms with Gasteiger partial charge in [0.05, 0.1) is 5.02 Å². The van der Waals surface area contributed by atoms with Crippen LogP contribution in [-0.2, 0) is 28.9 Å². The van der Waals surface area contributed by atoms with E-state index in [1.807, 2.05) is 6.07 Å². The number of aromatic hydroxyl groups is 1. The standard InChI is InChI=1S/C33H39ClN2O3/c1-39-20-6-19-36-30-10-3-2-8-27(30)22-31(36)28-9-5-18-35(23-28)33(38)11-4-7-24-12-14-25(15-13-24)26-16-17-32(37)29(34)21-26/h2,8,12-17,21-22,28,37H,3-7,9-11,18-20,23H2,1H3. The highest BCUT2D eigenvalue weighted by Crippen LogP contribution is 2.34. The lowest BCUT2D eigenvalue weighted by Crippen LogP contribution is -2.39. The molecular formula is C33H39ClN2O3. The number of benzene rings is 2. The van der Waals surface area contributed by atoms with Crippen molar-refractivity contribution in [2.24, 2.45) is 0 Å². The Bertz CT molecular complexity index is 1310. The Kier molecular flexibility index (Phi) is 9.10. The summed E-state index contributed by atoms with van der Waals surface area (Å²) in [4.78, 5) is 15.3. The zero-order valence-corrected chi connectivity index (χ0v) is 23.6. The van der Waals surface area contributed by atoms with E-state index in [0.717, 1.165) is 82.3 Å². The Morgan fingerprint density at radius 2 is 1.92 bits per heavy atom. The summed E-state index contributed by atoms with van der Waals surface area (Å²) in [6, 6.07) is 16.0. The van der Waals surface area contributed by atoms with Gasteiger partial charge in [-0.2, -0.15) is 0 Å². The topological polar surface area (TPSA) is 54.7 Å². The Morgan fingerprint density at radius 1 is 1.10 bits per heavy atom. The first-order chi connectivity index (χ1) is 19.0. The van der Waals surface area contributed by atoms with Gasteiger partial charge in [-0.25, -0.2) is 0 Å². The summed E-state index contributed by atoms with van der Waals surface area (Å²) >= 11 is 6.06. The van der Waals surface area contributed by atoms with Crippen LogP contribution in [0.15, 0.2) is 54.6 Å². The van der Waals surface area contributed by atoms with Crippen LogP contribution in [0.2, 0.25) is 5.02 Å². The van der Waals surface area contributed by atoms with E-state index in [4.69, 9.17) is 16.3 Å². The number of methoxy groups -OCH3 is 1. The van der Waals surface area contributed by atoms with Gasteiger partial charge in [0, 0.05) is 57.1 Å². The summed E-state index contributed by atoms with van der Waals surface area (Å²) in [7, 11) is 1.77.